The molecule has 4 fully saturated rings. The van der Waals surface area contributed by atoms with E-state index in [4.69, 9.17) is 21.3 Å². The lowest BCUT2D eigenvalue weighted by Crippen LogP contribution is -2.52. The van der Waals surface area contributed by atoms with Gasteiger partial charge in [0, 0.05) is 87.6 Å². The molecule has 63 heavy (non-hydrogen) atoms. The number of hydrogen-bond acceptors (Lipinski definition) is 12. The highest BCUT2D eigenvalue weighted by molar-refractivity contribution is 6.33. The normalized spacial score (nSPS) is 21.6. The smallest absolute Gasteiger partial charge is 0.293 e. The van der Waals surface area contributed by atoms with Crippen LogP contribution in [0.3, 0.4) is 0 Å². The van der Waals surface area contributed by atoms with Crippen molar-refractivity contribution in [2.24, 2.45) is 11.3 Å². The summed E-state index contributed by atoms with van der Waals surface area (Å²) >= 11 is 6.61. The van der Waals surface area contributed by atoms with E-state index in [1.165, 1.54) is 7.05 Å². The number of carbonyl (C=O) groups excluding carboxylic acids is 5. The van der Waals surface area contributed by atoms with Crippen molar-refractivity contribution in [2.45, 2.75) is 71.0 Å². The molecule has 3 N–H and O–H groups in total. The highest BCUT2D eigenvalue weighted by Crippen LogP contribution is 2.44. The number of anilines is 4. The van der Waals surface area contributed by atoms with Gasteiger partial charge < -0.3 is 39.5 Å². The molecule has 2 unspecified atom stereocenters. The molecular formula is C45H51ClN10O7. The summed E-state index contributed by atoms with van der Waals surface area (Å²) in [5.41, 5.74) is 3.08. The minimum Gasteiger partial charge on any atom is -0.478 e. The van der Waals surface area contributed by atoms with Gasteiger partial charge in [-0.15, -0.1) is 0 Å². The number of halogens is 1. The number of fused-ring (bicyclic) bond motifs is 2. The molecule has 9 rings (SSSR count). The highest BCUT2D eigenvalue weighted by atomic mass is 35.5. The Balaban J connectivity index is 0.803. The van der Waals surface area contributed by atoms with E-state index in [1.54, 1.807) is 21.7 Å². The van der Waals surface area contributed by atoms with Gasteiger partial charge in [-0.1, -0.05) is 11.6 Å². The SMILES string of the molecule is CNC(=O)COc1cc2cc(Nc3nc(N4CCC(CN5CCC6(CCN(c7ccc8c(c7)CN(C7CCC(=O)NC7=O)C8=O)C6)C5=O)CC4)ncc3Cl)ccc2n(C(C)C)c1=O. The van der Waals surface area contributed by atoms with Crippen LogP contribution in [-0.2, 0) is 25.7 Å². The fourth-order valence-electron chi connectivity index (χ4n) is 9.89. The van der Waals surface area contributed by atoms with Crippen molar-refractivity contribution in [3.05, 3.63) is 75.2 Å². The maximum absolute atomic E-state index is 14.1. The number of likely N-dealkylation sites (N-methyl/N-ethyl adjacent to an activating group) is 1. The third-order valence-electron chi connectivity index (χ3n) is 13.4. The van der Waals surface area contributed by atoms with Gasteiger partial charge in [0.05, 0.1) is 17.1 Å². The summed E-state index contributed by atoms with van der Waals surface area (Å²) in [7, 11) is 1.51. The quantitative estimate of drug-likeness (QED) is 0.184. The Bertz CT molecular complexity index is 2590. The number of imide groups is 1. The average molecular weight is 879 g/mol. The summed E-state index contributed by atoms with van der Waals surface area (Å²) in [6, 6.07) is 12.2. The van der Waals surface area contributed by atoms with E-state index >= 15 is 0 Å². The highest BCUT2D eigenvalue weighted by Gasteiger charge is 2.51. The van der Waals surface area contributed by atoms with Crippen molar-refractivity contribution in [1.29, 1.82) is 0 Å². The maximum atomic E-state index is 14.1. The Hall–Kier alpha value is -6.23. The van der Waals surface area contributed by atoms with E-state index in [2.05, 4.69) is 35.6 Å². The number of pyridine rings is 1. The number of carbonyl (C=O) groups is 5. The Morgan fingerprint density at radius 2 is 1.78 bits per heavy atom. The van der Waals surface area contributed by atoms with Crippen molar-refractivity contribution in [2.75, 3.05) is 68.0 Å². The first-order valence-corrected chi connectivity index (χ1v) is 22.1. The fraction of sp³-hybridized carbons (Fsp3) is 0.467. The van der Waals surface area contributed by atoms with Crippen LogP contribution in [0.25, 0.3) is 10.9 Å². The third kappa shape index (κ3) is 8.02. The molecule has 2 aromatic carbocycles. The van der Waals surface area contributed by atoms with Gasteiger partial charge in [0.25, 0.3) is 17.4 Å². The molecule has 0 bridgehead atoms. The first-order chi connectivity index (χ1) is 30.3. The molecule has 5 aliphatic heterocycles. The number of rotatable bonds is 11. The third-order valence-corrected chi connectivity index (χ3v) is 13.6. The van der Waals surface area contributed by atoms with E-state index < -0.39 is 17.4 Å². The molecule has 2 atom stereocenters. The number of hydrogen-bond donors (Lipinski definition) is 3. The second kappa shape index (κ2) is 16.8. The van der Waals surface area contributed by atoms with Crippen LogP contribution in [0.4, 0.5) is 23.1 Å². The Labute approximate surface area is 369 Å². The summed E-state index contributed by atoms with van der Waals surface area (Å²) in [6.07, 6.45) is 5.47. The van der Waals surface area contributed by atoms with Crippen molar-refractivity contribution in [3.63, 3.8) is 0 Å². The Morgan fingerprint density at radius 3 is 2.54 bits per heavy atom. The zero-order valence-corrected chi connectivity index (χ0v) is 36.4. The number of benzene rings is 2. The number of piperidine rings is 2. The van der Waals surface area contributed by atoms with E-state index in [0.29, 0.717) is 60.0 Å². The zero-order valence-electron chi connectivity index (χ0n) is 35.6. The van der Waals surface area contributed by atoms with Crippen molar-refractivity contribution in [1.82, 2.24) is 35.0 Å². The zero-order chi connectivity index (χ0) is 44.2. The van der Waals surface area contributed by atoms with Gasteiger partial charge in [-0.3, -0.25) is 34.1 Å². The number of nitrogens with one attached hydrogen (secondary N) is 3. The standard InChI is InChI=1S/C45H51ClN10O7/c1-26(2)56-34-7-4-30(18-28(34)20-36(42(56)61)63-24-38(58)47-3)49-39-33(46)21-48-44(51-39)52-14-10-27(11-15-52)22-53-16-12-45(43(53)62)13-17-54(25-45)31-5-6-32-29(19-31)23-55(41(32)60)35-8-9-37(57)50-40(35)59/h4-7,18-21,26-27,35H,8-17,22-25H2,1-3H3,(H,47,58)(H,48,49,51)(H,50,57,59). The predicted octanol–water partition coefficient (Wildman–Crippen LogP) is 4.00. The number of ether oxygens (including phenoxy) is 1. The molecule has 5 aliphatic rings. The van der Waals surface area contributed by atoms with Crippen LogP contribution >= 0.6 is 11.6 Å². The maximum Gasteiger partial charge on any atom is 0.293 e. The van der Waals surface area contributed by atoms with Crippen LogP contribution in [-0.4, -0.2) is 113 Å². The van der Waals surface area contributed by atoms with Crippen molar-refractivity contribution >= 4 is 75.2 Å². The van der Waals surface area contributed by atoms with Gasteiger partial charge in [-0.2, -0.15) is 4.98 Å². The number of nitrogens with zero attached hydrogens (tertiary/aromatic N) is 7. The largest absolute Gasteiger partial charge is 0.478 e. The van der Waals surface area contributed by atoms with E-state index in [-0.39, 0.29) is 54.0 Å². The summed E-state index contributed by atoms with van der Waals surface area (Å²) in [4.78, 5) is 94.1. The molecular weight excluding hydrogens is 828 g/mol. The minimum atomic E-state index is -0.657. The van der Waals surface area contributed by atoms with Gasteiger partial charge >= 0.3 is 0 Å². The van der Waals surface area contributed by atoms with E-state index in [9.17, 15) is 28.8 Å². The molecule has 2 aromatic heterocycles. The van der Waals surface area contributed by atoms with Crippen molar-refractivity contribution in [3.8, 4) is 5.75 Å². The number of likely N-dealkylation sites (tertiary alicyclic amines) is 1. The fourth-order valence-corrected chi connectivity index (χ4v) is 10.0. The van der Waals surface area contributed by atoms with Crippen LogP contribution in [0.1, 0.15) is 74.3 Å². The monoisotopic (exact) mass is 878 g/mol. The Morgan fingerprint density at radius 1 is 0.984 bits per heavy atom. The Kier molecular flexibility index (Phi) is 11.2. The molecule has 330 valence electrons. The van der Waals surface area contributed by atoms with Gasteiger partial charge in [0.15, 0.2) is 18.2 Å². The van der Waals surface area contributed by atoms with Gasteiger partial charge in [0.2, 0.25) is 23.7 Å². The van der Waals surface area contributed by atoms with E-state index in [0.717, 1.165) is 74.0 Å². The van der Waals surface area contributed by atoms with Crippen LogP contribution < -0.4 is 36.0 Å². The molecule has 0 aliphatic carbocycles. The number of aromatic nitrogens is 3. The second-order valence-electron chi connectivity index (χ2n) is 17.6. The molecule has 7 heterocycles. The molecule has 1 spiro atoms. The second-order valence-corrected chi connectivity index (χ2v) is 18.0. The molecule has 0 saturated carbocycles. The lowest BCUT2D eigenvalue weighted by Gasteiger charge is -2.34. The first-order valence-electron chi connectivity index (χ1n) is 21.7. The summed E-state index contributed by atoms with van der Waals surface area (Å²) in [5, 5.41) is 9.27. The molecule has 18 heteroatoms. The molecule has 5 amide bonds. The van der Waals surface area contributed by atoms with Crippen LogP contribution in [0.2, 0.25) is 5.02 Å². The number of amides is 5. The van der Waals surface area contributed by atoms with Gasteiger partial charge in [-0.05, 0) is 99.9 Å². The molecule has 4 saturated heterocycles. The average Bonchev–Trinajstić information content (AvgIpc) is 3.95. The summed E-state index contributed by atoms with van der Waals surface area (Å²) in [6.45, 7) is 8.15. The lowest BCUT2D eigenvalue weighted by atomic mass is 9.85. The molecule has 4 aromatic rings. The predicted molar refractivity (Wildman–Crippen MR) is 236 cm³/mol. The summed E-state index contributed by atoms with van der Waals surface area (Å²) < 4.78 is 7.26. The lowest BCUT2D eigenvalue weighted by molar-refractivity contribution is -0.137. The topological polar surface area (TPSA) is 191 Å². The van der Waals surface area contributed by atoms with Crippen LogP contribution in [0.15, 0.2) is 53.5 Å². The van der Waals surface area contributed by atoms with Crippen LogP contribution in [0, 0.1) is 11.3 Å². The van der Waals surface area contributed by atoms with Gasteiger partial charge in [-0.25, -0.2) is 4.98 Å². The summed E-state index contributed by atoms with van der Waals surface area (Å²) in [5.74, 6) is 0.375. The van der Waals surface area contributed by atoms with E-state index in [1.807, 2.05) is 50.2 Å². The molecule has 17 nitrogen and oxygen atoms in total. The van der Waals surface area contributed by atoms with Crippen molar-refractivity contribution < 1.29 is 28.7 Å². The van der Waals surface area contributed by atoms with Crippen LogP contribution in [0.5, 0.6) is 5.75 Å². The first kappa shape index (κ1) is 42.1. The molecule has 0 radical (unpaired) electrons. The van der Waals surface area contributed by atoms with Gasteiger partial charge in [0.1, 0.15) is 11.1 Å². The minimum absolute atomic E-state index is 0.0802.